The molecule has 12 rings (SSSR count). The molecule has 0 aliphatic carbocycles. The molecule has 0 spiro atoms. The zero-order chi connectivity index (χ0) is 45.9. The summed E-state index contributed by atoms with van der Waals surface area (Å²) in [7, 11) is 0. The molecule has 0 atom stereocenters. The lowest BCUT2D eigenvalue weighted by atomic mass is 9.96. The molecule has 0 bridgehead atoms. The van der Waals surface area contributed by atoms with Crippen LogP contribution in [0.1, 0.15) is 5.56 Å². The maximum Gasteiger partial charge on any atom is 0.416 e. The fourth-order valence-corrected chi connectivity index (χ4v) is 9.92. The van der Waals surface area contributed by atoms with E-state index in [1.165, 1.54) is 12.1 Å². The highest BCUT2D eigenvalue weighted by Gasteiger charge is 2.34. The van der Waals surface area contributed by atoms with Crippen molar-refractivity contribution in [2.24, 2.45) is 0 Å². The van der Waals surface area contributed by atoms with Crippen LogP contribution in [0.25, 0.3) is 116 Å². The first-order valence-corrected chi connectivity index (χ1v) is 22.2. The van der Waals surface area contributed by atoms with Crippen LogP contribution in [-0.2, 0) is 6.18 Å². The Kier molecular flexibility index (Phi) is 9.59. The second kappa shape index (κ2) is 16.1. The Balaban J connectivity index is 1.20. The van der Waals surface area contributed by atoms with Crippen molar-refractivity contribution in [1.29, 1.82) is 0 Å². The largest absolute Gasteiger partial charge is 0.416 e. The number of rotatable bonds is 7. The average molecular weight is 884 g/mol. The van der Waals surface area contributed by atoms with Gasteiger partial charge in [0.2, 0.25) is 0 Å². The van der Waals surface area contributed by atoms with Crippen molar-refractivity contribution in [2.45, 2.75) is 6.18 Å². The first-order valence-electron chi connectivity index (χ1n) is 22.2. The van der Waals surface area contributed by atoms with Gasteiger partial charge in [0.1, 0.15) is 0 Å². The van der Waals surface area contributed by atoms with E-state index in [9.17, 15) is 13.2 Å². The number of hydrogen-bond donors (Lipinski definition) is 0. The lowest BCUT2D eigenvalue weighted by Gasteiger charge is -2.21. The summed E-state index contributed by atoms with van der Waals surface area (Å²) in [5.41, 5.74) is 11.4. The summed E-state index contributed by atoms with van der Waals surface area (Å²) in [5.74, 6) is 0. The highest BCUT2D eigenvalue weighted by atomic mass is 19.4. The SMILES string of the molecule is [C-]#[N+]c1cc(-n2c3ccccc3c3ccc(-c4cccnc4-c4ccccc4)cc32)c(-n2c3ccccc3c3ccc(-c4cccnc4-c4ccccc4)cc32)cc1-c1ccccc1C(F)(F)F. The molecular formula is C60H36F3N5. The van der Waals surface area contributed by atoms with Gasteiger partial charge in [-0.05, 0) is 76.9 Å². The molecule has 0 saturated heterocycles. The third-order valence-electron chi connectivity index (χ3n) is 12.9. The standard InChI is InChI=1S/C60H36F3N5/c1-64-51-37-57(68-53-27-13-10-22-46(53)48-31-29-41(35-55(48)68)43-24-15-33-66-59(43)39-18-6-3-7-19-39)56(36-49(51)44-20-8-11-25-50(44)60(61,62)63)67-52-26-12-9-21-45(52)47-30-28-40(34-54(47)67)42-23-14-32-65-58(42)38-16-4-2-5-17-38/h2-37H. The first-order chi connectivity index (χ1) is 33.4. The van der Waals surface area contributed by atoms with Gasteiger partial charge in [0.05, 0.1) is 57.0 Å². The predicted octanol–water partition coefficient (Wildman–Crippen LogP) is 16.6. The number of fused-ring (bicyclic) bond motifs is 6. The van der Waals surface area contributed by atoms with E-state index in [1.54, 1.807) is 30.6 Å². The molecule has 8 heteroatoms. The lowest BCUT2D eigenvalue weighted by Crippen LogP contribution is -2.08. The number of alkyl halides is 3. The molecule has 0 unspecified atom stereocenters. The monoisotopic (exact) mass is 883 g/mol. The van der Waals surface area contributed by atoms with E-state index in [0.29, 0.717) is 11.4 Å². The van der Waals surface area contributed by atoms with Crippen molar-refractivity contribution in [1.82, 2.24) is 19.1 Å². The van der Waals surface area contributed by atoms with Crippen LogP contribution in [-0.4, -0.2) is 19.1 Å². The Bertz CT molecular complexity index is 3970. The molecule has 0 N–H and O–H groups in total. The van der Waals surface area contributed by atoms with Crippen LogP contribution in [0.3, 0.4) is 0 Å². The predicted molar refractivity (Wildman–Crippen MR) is 269 cm³/mol. The minimum absolute atomic E-state index is 0.0716. The third-order valence-corrected chi connectivity index (χ3v) is 12.9. The van der Waals surface area contributed by atoms with Crippen molar-refractivity contribution in [3.8, 4) is 67.3 Å². The molecule has 0 aliphatic heterocycles. The topological polar surface area (TPSA) is 40.0 Å². The number of nitrogens with zero attached hydrogens (tertiary/aromatic N) is 5. The number of aromatic nitrogens is 4. The van der Waals surface area contributed by atoms with E-state index in [1.807, 2.05) is 103 Å². The average Bonchev–Trinajstić information content (AvgIpc) is 3.90. The molecule has 0 aliphatic rings. The minimum atomic E-state index is -4.68. The fraction of sp³-hybridized carbons (Fsp3) is 0.0167. The van der Waals surface area contributed by atoms with Crippen LogP contribution in [0.15, 0.2) is 219 Å². The number of para-hydroxylation sites is 2. The van der Waals surface area contributed by atoms with Crippen molar-refractivity contribution in [3.63, 3.8) is 0 Å². The highest BCUT2D eigenvalue weighted by Crippen LogP contribution is 2.47. The summed E-state index contributed by atoms with van der Waals surface area (Å²) in [4.78, 5) is 13.7. The van der Waals surface area contributed by atoms with Crippen molar-refractivity contribution in [3.05, 3.63) is 236 Å². The Morgan fingerprint density at radius 1 is 0.382 bits per heavy atom. The summed E-state index contributed by atoms with van der Waals surface area (Å²) in [6.45, 7) is 8.60. The normalized spacial score (nSPS) is 11.7. The van der Waals surface area contributed by atoms with Crippen LogP contribution >= 0.6 is 0 Å². The molecule has 8 aromatic carbocycles. The zero-order valence-corrected chi connectivity index (χ0v) is 36.2. The van der Waals surface area contributed by atoms with Gasteiger partial charge in [-0.2, -0.15) is 13.2 Å². The van der Waals surface area contributed by atoms with Gasteiger partial charge in [0.15, 0.2) is 5.69 Å². The molecule has 4 heterocycles. The summed E-state index contributed by atoms with van der Waals surface area (Å²) >= 11 is 0. The molecule has 0 saturated carbocycles. The first kappa shape index (κ1) is 40.4. The van der Waals surface area contributed by atoms with Gasteiger partial charge in [-0.15, -0.1) is 0 Å². The number of hydrogen-bond acceptors (Lipinski definition) is 2. The summed E-state index contributed by atoms with van der Waals surface area (Å²) in [6, 6.07) is 66.2. The second-order valence-electron chi connectivity index (χ2n) is 16.7. The molecule has 322 valence electrons. The zero-order valence-electron chi connectivity index (χ0n) is 36.2. The number of benzene rings is 8. The van der Waals surface area contributed by atoms with E-state index in [-0.39, 0.29) is 16.8 Å². The molecule has 5 nitrogen and oxygen atoms in total. The van der Waals surface area contributed by atoms with Gasteiger partial charge < -0.3 is 9.13 Å². The van der Waals surface area contributed by atoms with E-state index in [2.05, 4.69) is 80.7 Å². The summed E-state index contributed by atoms with van der Waals surface area (Å²) < 4.78 is 49.3. The maximum absolute atomic E-state index is 15.0. The van der Waals surface area contributed by atoms with Gasteiger partial charge in [-0.25, -0.2) is 4.85 Å². The smallest absolute Gasteiger partial charge is 0.308 e. The van der Waals surface area contributed by atoms with Gasteiger partial charge in [0.25, 0.3) is 0 Å². The van der Waals surface area contributed by atoms with Gasteiger partial charge >= 0.3 is 6.18 Å². The van der Waals surface area contributed by atoms with Crippen molar-refractivity contribution in [2.75, 3.05) is 0 Å². The third kappa shape index (κ3) is 6.63. The van der Waals surface area contributed by atoms with Gasteiger partial charge in [-0.1, -0.05) is 152 Å². The van der Waals surface area contributed by atoms with E-state index in [0.717, 1.165) is 94.4 Å². The van der Waals surface area contributed by atoms with Gasteiger partial charge in [-0.3, -0.25) is 9.97 Å². The second-order valence-corrected chi connectivity index (χ2v) is 16.7. The Morgan fingerprint density at radius 3 is 1.34 bits per heavy atom. The van der Waals surface area contributed by atoms with E-state index in [4.69, 9.17) is 16.5 Å². The Hall–Kier alpha value is -9.06. The Morgan fingerprint density at radius 2 is 0.824 bits per heavy atom. The quantitative estimate of drug-likeness (QED) is 0.150. The van der Waals surface area contributed by atoms with Gasteiger partial charge in [0, 0.05) is 56.2 Å². The summed E-state index contributed by atoms with van der Waals surface area (Å²) in [5, 5.41) is 3.89. The van der Waals surface area contributed by atoms with Crippen LogP contribution < -0.4 is 0 Å². The van der Waals surface area contributed by atoms with Crippen LogP contribution in [0, 0.1) is 6.57 Å². The molecular weight excluding hydrogens is 848 g/mol. The van der Waals surface area contributed by atoms with Crippen molar-refractivity contribution < 1.29 is 13.2 Å². The van der Waals surface area contributed by atoms with E-state index < -0.39 is 11.7 Å². The number of pyridine rings is 2. The molecule has 4 aromatic heterocycles. The molecule has 68 heavy (non-hydrogen) atoms. The molecule has 0 fully saturated rings. The lowest BCUT2D eigenvalue weighted by molar-refractivity contribution is -0.137. The molecule has 12 aromatic rings. The van der Waals surface area contributed by atoms with E-state index >= 15 is 0 Å². The van der Waals surface area contributed by atoms with Crippen LogP contribution in [0.2, 0.25) is 0 Å². The van der Waals surface area contributed by atoms with Crippen LogP contribution in [0.4, 0.5) is 18.9 Å². The fourth-order valence-electron chi connectivity index (χ4n) is 9.92. The maximum atomic E-state index is 15.0. The summed E-state index contributed by atoms with van der Waals surface area (Å²) in [6.07, 6.45) is -1.09. The highest BCUT2D eigenvalue weighted by molar-refractivity contribution is 6.13. The molecule has 0 amide bonds. The van der Waals surface area contributed by atoms with Crippen LogP contribution in [0.5, 0.6) is 0 Å². The molecule has 0 radical (unpaired) electrons. The number of halogens is 3. The minimum Gasteiger partial charge on any atom is -0.308 e. The van der Waals surface area contributed by atoms with Crippen molar-refractivity contribution >= 4 is 49.3 Å². The Labute approximate surface area is 389 Å².